The topological polar surface area (TPSA) is 48.2 Å². The molecule has 2 atom stereocenters. The monoisotopic (exact) mass is 141 g/mol. The van der Waals surface area contributed by atoms with Gasteiger partial charge >= 0.3 is 5.97 Å². The number of nitrogens with one attached hydrogen (secondary N) is 1. The summed E-state index contributed by atoms with van der Waals surface area (Å²) < 4.78 is 4.77. The Morgan fingerprint density at radius 2 is 2.50 bits per heavy atom. The summed E-state index contributed by atoms with van der Waals surface area (Å²) in [6.45, 7) is 5.69. The SMILES string of the molecule is C=CCOC(=O)[C@@H]1N[C@@H]1C. The maximum atomic E-state index is 10.8. The van der Waals surface area contributed by atoms with Crippen LogP contribution in [0, 0.1) is 0 Å². The van der Waals surface area contributed by atoms with Gasteiger partial charge in [0.05, 0.1) is 0 Å². The predicted octanol–water partition coefficient (Wildman–Crippen LogP) is 0.0759. The van der Waals surface area contributed by atoms with Crippen LogP contribution in [-0.2, 0) is 9.53 Å². The molecule has 0 amide bonds. The fourth-order valence-electron chi connectivity index (χ4n) is 0.731. The standard InChI is InChI=1S/C7H11NO2/c1-3-4-10-7(9)6-5(2)8-6/h3,5-6,8H,1,4H2,2H3/t5-,6-/m1/s1. The molecule has 1 fully saturated rings. The van der Waals surface area contributed by atoms with E-state index < -0.39 is 0 Å². The molecule has 0 aromatic carbocycles. The highest BCUT2D eigenvalue weighted by Crippen LogP contribution is 2.10. The van der Waals surface area contributed by atoms with Crippen molar-refractivity contribution < 1.29 is 9.53 Å². The Morgan fingerprint density at radius 1 is 1.90 bits per heavy atom. The Hall–Kier alpha value is -0.830. The van der Waals surface area contributed by atoms with Crippen molar-refractivity contribution in [2.75, 3.05) is 6.61 Å². The van der Waals surface area contributed by atoms with Gasteiger partial charge in [0.25, 0.3) is 0 Å². The summed E-state index contributed by atoms with van der Waals surface area (Å²) >= 11 is 0. The van der Waals surface area contributed by atoms with E-state index in [2.05, 4.69) is 11.9 Å². The Kier molecular flexibility index (Phi) is 2.06. The highest BCUT2D eigenvalue weighted by atomic mass is 16.5. The van der Waals surface area contributed by atoms with Crippen molar-refractivity contribution in [3.05, 3.63) is 12.7 Å². The van der Waals surface area contributed by atoms with E-state index in [9.17, 15) is 4.79 Å². The molecule has 3 heteroatoms. The van der Waals surface area contributed by atoms with E-state index in [4.69, 9.17) is 4.74 Å². The van der Waals surface area contributed by atoms with Gasteiger partial charge in [-0.2, -0.15) is 0 Å². The third-order valence-corrected chi connectivity index (χ3v) is 1.43. The van der Waals surface area contributed by atoms with Gasteiger partial charge in [0.2, 0.25) is 0 Å². The molecular formula is C7H11NO2. The second-order valence-corrected chi connectivity index (χ2v) is 2.35. The van der Waals surface area contributed by atoms with Crippen LogP contribution in [0.1, 0.15) is 6.92 Å². The molecule has 1 N–H and O–H groups in total. The van der Waals surface area contributed by atoms with Crippen molar-refractivity contribution in [1.29, 1.82) is 0 Å². The van der Waals surface area contributed by atoms with Crippen molar-refractivity contribution in [2.24, 2.45) is 0 Å². The first-order valence-electron chi connectivity index (χ1n) is 3.29. The highest BCUT2D eigenvalue weighted by Gasteiger charge is 2.39. The van der Waals surface area contributed by atoms with E-state index >= 15 is 0 Å². The largest absolute Gasteiger partial charge is 0.460 e. The van der Waals surface area contributed by atoms with Gasteiger partial charge in [-0.1, -0.05) is 12.7 Å². The zero-order valence-corrected chi connectivity index (χ0v) is 5.96. The molecule has 0 spiro atoms. The normalized spacial score (nSPS) is 29.3. The lowest BCUT2D eigenvalue weighted by molar-refractivity contribution is -0.141. The molecule has 1 rings (SSSR count). The number of ether oxygens (including phenoxy) is 1. The molecule has 0 bridgehead atoms. The van der Waals surface area contributed by atoms with Crippen LogP contribution in [0.15, 0.2) is 12.7 Å². The van der Waals surface area contributed by atoms with Crippen molar-refractivity contribution in [2.45, 2.75) is 19.0 Å². The zero-order chi connectivity index (χ0) is 7.56. The lowest BCUT2D eigenvalue weighted by atomic mass is 10.3. The van der Waals surface area contributed by atoms with Gasteiger partial charge in [0.1, 0.15) is 12.6 Å². The van der Waals surface area contributed by atoms with Crippen LogP contribution < -0.4 is 5.32 Å². The summed E-state index contributed by atoms with van der Waals surface area (Å²) in [4.78, 5) is 10.8. The molecule has 3 nitrogen and oxygen atoms in total. The summed E-state index contributed by atoms with van der Waals surface area (Å²) in [7, 11) is 0. The molecular weight excluding hydrogens is 130 g/mol. The molecule has 1 aliphatic rings. The highest BCUT2D eigenvalue weighted by molar-refractivity contribution is 5.80. The van der Waals surface area contributed by atoms with E-state index in [0.29, 0.717) is 6.61 Å². The van der Waals surface area contributed by atoms with Gasteiger partial charge in [0.15, 0.2) is 0 Å². The molecule has 1 aliphatic heterocycles. The Morgan fingerprint density at radius 3 is 2.90 bits per heavy atom. The lowest BCUT2D eigenvalue weighted by Gasteiger charge is -1.96. The van der Waals surface area contributed by atoms with Gasteiger partial charge in [-0.25, -0.2) is 0 Å². The molecule has 0 unspecified atom stereocenters. The van der Waals surface area contributed by atoms with Crippen molar-refractivity contribution in [3.63, 3.8) is 0 Å². The average Bonchev–Trinajstić information content (AvgIpc) is 2.62. The second-order valence-electron chi connectivity index (χ2n) is 2.35. The fraction of sp³-hybridized carbons (Fsp3) is 0.571. The molecule has 0 aromatic rings. The summed E-state index contributed by atoms with van der Waals surface area (Å²) in [5.74, 6) is -0.174. The Bertz CT molecular complexity index is 156. The Balaban J connectivity index is 2.16. The number of carbonyl (C=O) groups excluding carboxylic acids is 1. The summed E-state index contributed by atoms with van der Waals surface area (Å²) in [5, 5.41) is 2.93. The van der Waals surface area contributed by atoms with Crippen LogP contribution in [0.4, 0.5) is 0 Å². The van der Waals surface area contributed by atoms with Crippen LogP contribution >= 0.6 is 0 Å². The molecule has 0 saturated carbocycles. The average molecular weight is 141 g/mol. The quantitative estimate of drug-likeness (QED) is 0.344. The zero-order valence-electron chi connectivity index (χ0n) is 5.96. The van der Waals surface area contributed by atoms with E-state index in [0.717, 1.165) is 0 Å². The minimum atomic E-state index is -0.174. The smallest absolute Gasteiger partial charge is 0.325 e. The molecule has 0 radical (unpaired) electrons. The predicted molar refractivity (Wildman–Crippen MR) is 37.5 cm³/mol. The van der Waals surface area contributed by atoms with Crippen LogP contribution in [0.25, 0.3) is 0 Å². The number of hydrogen-bond donors (Lipinski definition) is 1. The van der Waals surface area contributed by atoms with Gasteiger partial charge in [-0.15, -0.1) is 0 Å². The lowest BCUT2D eigenvalue weighted by Crippen LogP contribution is -2.14. The number of rotatable bonds is 3. The minimum absolute atomic E-state index is 0.0695. The fourth-order valence-corrected chi connectivity index (χ4v) is 0.731. The maximum absolute atomic E-state index is 10.8. The van der Waals surface area contributed by atoms with E-state index in [1.54, 1.807) is 6.08 Å². The van der Waals surface area contributed by atoms with Crippen molar-refractivity contribution in [3.8, 4) is 0 Å². The van der Waals surface area contributed by atoms with Crippen LogP contribution in [0.5, 0.6) is 0 Å². The van der Waals surface area contributed by atoms with Gasteiger partial charge in [-0.3, -0.25) is 10.1 Å². The molecule has 56 valence electrons. The molecule has 10 heavy (non-hydrogen) atoms. The number of esters is 1. The van der Waals surface area contributed by atoms with Crippen molar-refractivity contribution in [1.82, 2.24) is 5.32 Å². The summed E-state index contributed by atoms with van der Waals surface area (Å²) in [6.07, 6.45) is 1.56. The maximum Gasteiger partial charge on any atom is 0.325 e. The third-order valence-electron chi connectivity index (χ3n) is 1.43. The van der Waals surface area contributed by atoms with Gasteiger partial charge in [-0.05, 0) is 6.92 Å². The molecule has 0 aliphatic carbocycles. The minimum Gasteiger partial charge on any atom is -0.460 e. The van der Waals surface area contributed by atoms with Crippen LogP contribution in [-0.4, -0.2) is 24.7 Å². The van der Waals surface area contributed by atoms with E-state index in [1.165, 1.54) is 0 Å². The first kappa shape index (κ1) is 7.28. The van der Waals surface area contributed by atoms with Gasteiger partial charge in [0, 0.05) is 6.04 Å². The van der Waals surface area contributed by atoms with E-state index in [-0.39, 0.29) is 18.1 Å². The summed E-state index contributed by atoms with van der Waals surface area (Å²) in [5.41, 5.74) is 0. The second kappa shape index (κ2) is 2.84. The molecule has 1 heterocycles. The number of carbonyl (C=O) groups is 1. The molecule has 1 saturated heterocycles. The van der Waals surface area contributed by atoms with Gasteiger partial charge < -0.3 is 4.74 Å². The van der Waals surface area contributed by atoms with E-state index in [1.807, 2.05) is 6.92 Å². The third kappa shape index (κ3) is 1.57. The number of hydrogen-bond acceptors (Lipinski definition) is 3. The Labute approximate surface area is 60.1 Å². The van der Waals surface area contributed by atoms with Crippen molar-refractivity contribution >= 4 is 5.97 Å². The van der Waals surface area contributed by atoms with Crippen LogP contribution in [0.3, 0.4) is 0 Å². The first-order valence-corrected chi connectivity index (χ1v) is 3.29. The molecule has 0 aromatic heterocycles. The van der Waals surface area contributed by atoms with Crippen LogP contribution in [0.2, 0.25) is 0 Å². The first-order chi connectivity index (χ1) is 4.75. The summed E-state index contributed by atoms with van der Waals surface area (Å²) in [6, 6.07) is 0.220.